The van der Waals surface area contributed by atoms with Crippen LogP contribution >= 0.6 is 0 Å². The monoisotopic (exact) mass is 403 g/mol. The molecule has 0 N–H and O–H groups in total. The summed E-state index contributed by atoms with van der Waals surface area (Å²) in [5, 5.41) is 0. The first-order valence-electron chi connectivity index (χ1n) is 9.40. The van der Waals surface area contributed by atoms with Gasteiger partial charge in [-0.15, -0.1) is 0 Å². The zero-order valence-electron chi connectivity index (χ0n) is 16.3. The summed E-state index contributed by atoms with van der Waals surface area (Å²) in [6.45, 7) is 6.27. The van der Waals surface area contributed by atoms with Gasteiger partial charge >= 0.3 is 6.18 Å². The Morgan fingerprint density at radius 3 is 2.45 bits per heavy atom. The van der Waals surface area contributed by atoms with Gasteiger partial charge in [0.15, 0.2) is 5.65 Å². The van der Waals surface area contributed by atoms with Crippen molar-refractivity contribution in [2.45, 2.75) is 51.8 Å². The van der Waals surface area contributed by atoms with E-state index in [2.05, 4.69) is 24.9 Å². The molecular weight excluding hydrogens is 383 g/mol. The van der Waals surface area contributed by atoms with Crippen molar-refractivity contribution < 1.29 is 17.9 Å². The fraction of sp³-hybridized carbons (Fsp3) is 0.450. The Morgan fingerprint density at radius 1 is 1.03 bits per heavy atom. The van der Waals surface area contributed by atoms with Gasteiger partial charge in [-0.1, -0.05) is 0 Å². The number of hydrogen-bond acceptors (Lipinski definition) is 6. The van der Waals surface area contributed by atoms with Gasteiger partial charge in [-0.3, -0.25) is 4.98 Å². The van der Waals surface area contributed by atoms with E-state index in [1.54, 1.807) is 0 Å². The fourth-order valence-corrected chi connectivity index (χ4v) is 3.42. The number of pyridine rings is 1. The summed E-state index contributed by atoms with van der Waals surface area (Å²) in [6, 6.07) is 2.32. The van der Waals surface area contributed by atoms with E-state index in [9.17, 15) is 13.2 Å². The summed E-state index contributed by atoms with van der Waals surface area (Å²) in [7, 11) is 0. The van der Waals surface area contributed by atoms with Crippen LogP contribution in [0, 0.1) is 13.8 Å². The molecule has 1 aliphatic heterocycles. The van der Waals surface area contributed by atoms with Crippen LogP contribution in [0.4, 0.5) is 13.2 Å². The molecule has 0 saturated carbocycles. The van der Waals surface area contributed by atoms with Crippen LogP contribution in [0.5, 0.6) is 0 Å². The number of aromatic nitrogens is 5. The lowest BCUT2D eigenvalue weighted by molar-refractivity contribution is -0.137. The molecule has 1 saturated heterocycles. The molecule has 1 aliphatic rings. The summed E-state index contributed by atoms with van der Waals surface area (Å²) in [4.78, 5) is 22.4. The molecule has 3 aromatic rings. The quantitative estimate of drug-likeness (QED) is 0.631. The van der Waals surface area contributed by atoms with Crippen molar-refractivity contribution >= 4 is 11.2 Å². The van der Waals surface area contributed by atoms with E-state index in [0.717, 1.165) is 30.8 Å². The fourth-order valence-electron chi connectivity index (χ4n) is 3.42. The number of fused-ring (bicyclic) bond motifs is 1. The zero-order valence-corrected chi connectivity index (χ0v) is 16.3. The summed E-state index contributed by atoms with van der Waals surface area (Å²) < 4.78 is 44.4. The Kier molecular flexibility index (Phi) is 4.94. The van der Waals surface area contributed by atoms with Gasteiger partial charge in [0.2, 0.25) is 0 Å². The number of rotatable bonds is 2. The van der Waals surface area contributed by atoms with Gasteiger partial charge in [0, 0.05) is 18.7 Å². The predicted octanol–water partition coefficient (Wildman–Crippen LogP) is 4.40. The summed E-state index contributed by atoms with van der Waals surface area (Å²) in [5.41, 5.74) is 2.21. The first-order chi connectivity index (χ1) is 13.7. The minimum Gasteiger partial charge on any atom is -0.378 e. The number of ether oxygens (including phenoxy) is 1. The third kappa shape index (κ3) is 3.91. The molecule has 29 heavy (non-hydrogen) atoms. The first kappa shape index (κ1) is 19.6. The number of aryl methyl sites for hydroxylation is 2. The van der Waals surface area contributed by atoms with E-state index in [1.165, 1.54) is 6.07 Å². The van der Waals surface area contributed by atoms with Crippen molar-refractivity contribution in [3.63, 3.8) is 0 Å². The van der Waals surface area contributed by atoms with Crippen molar-refractivity contribution in [3.8, 4) is 11.4 Å². The molecule has 9 heteroatoms. The Morgan fingerprint density at radius 2 is 1.79 bits per heavy atom. The molecule has 4 rings (SSSR count). The molecular formula is C20H20F3N5O. The van der Waals surface area contributed by atoms with Crippen LogP contribution < -0.4 is 0 Å². The van der Waals surface area contributed by atoms with E-state index in [0.29, 0.717) is 40.7 Å². The Bertz CT molecular complexity index is 1050. The molecule has 4 heterocycles. The maximum atomic E-state index is 12.9. The summed E-state index contributed by atoms with van der Waals surface area (Å²) >= 11 is 0. The van der Waals surface area contributed by atoms with E-state index in [-0.39, 0.29) is 12.0 Å². The highest BCUT2D eigenvalue weighted by Gasteiger charge is 2.31. The van der Waals surface area contributed by atoms with Gasteiger partial charge in [0.1, 0.15) is 17.0 Å². The van der Waals surface area contributed by atoms with Crippen molar-refractivity contribution in [2.24, 2.45) is 0 Å². The average molecular weight is 403 g/mol. The molecule has 0 radical (unpaired) electrons. The van der Waals surface area contributed by atoms with E-state index < -0.39 is 11.7 Å². The molecule has 3 aromatic heterocycles. The summed E-state index contributed by atoms with van der Waals surface area (Å²) in [6.07, 6.45) is -2.01. The summed E-state index contributed by atoms with van der Waals surface area (Å²) in [5.74, 6) is 0.682. The number of halogens is 3. The molecule has 0 bridgehead atoms. The van der Waals surface area contributed by atoms with Crippen LogP contribution in [0.2, 0.25) is 0 Å². The molecule has 0 aromatic carbocycles. The lowest BCUT2D eigenvalue weighted by Crippen LogP contribution is -2.23. The van der Waals surface area contributed by atoms with E-state index >= 15 is 0 Å². The Labute approximate surface area is 165 Å². The molecule has 0 spiro atoms. The Balaban J connectivity index is 1.87. The van der Waals surface area contributed by atoms with Crippen LogP contribution in [0.1, 0.15) is 48.5 Å². The standard InChI is InChI=1S/C20H20F3N5O/c1-10-8-13(6-7-29-10)18-27-16(15-5-4-14(9-24-15)20(21,22)23)17-19(28-18)26-12(3)11(2)25-17/h4-5,9-10,13H,6-8H2,1-3H3. The SMILES string of the molecule is Cc1nc2nc(C3CCOC(C)C3)nc(-c3ccc(C(F)(F)F)cn3)c2nc1C. The van der Waals surface area contributed by atoms with Crippen molar-refractivity contribution in [1.29, 1.82) is 0 Å². The largest absolute Gasteiger partial charge is 0.417 e. The molecule has 6 nitrogen and oxygen atoms in total. The highest BCUT2D eigenvalue weighted by molar-refractivity contribution is 5.85. The minimum absolute atomic E-state index is 0.0831. The molecule has 2 atom stereocenters. The molecule has 0 amide bonds. The molecule has 2 unspecified atom stereocenters. The Hall–Kier alpha value is -2.68. The van der Waals surface area contributed by atoms with Gasteiger partial charge in [-0.25, -0.2) is 19.9 Å². The van der Waals surface area contributed by atoms with Gasteiger partial charge in [-0.2, -0.15) is 13.2 Å². The van der Waals surface area contributed by atoms with Gasteiger partial charge in [0.05, 0.1) is 28.7 Å². The number of alkyl halides is 3. The predicted molar refractivity (Wildman–Crippen MR) is 100 cm³/mol. The third-order valence-electron chi connectivity index (χ3n) is 5.14. The van der Waals surface area contributed by atoms with Crippen molar-refractivity contribution in [2.75, 3.05) is 6.61 Å². The smallest absolute Gasteiger partial charge is 0.378 e. The zero-order chi connectivity index (χ0) is 20.8. The van der Waals surface area contributed by atoms with Crippen LogP contribution in [-0.4, -0.2) is 37.6 Å². The van der Waals surface area contributed by atoms with Crippen LogP contribution in [0.25, 0.3) is 22.6 Å². The van der Waals surface area contributed by atoms with Crippen molar-refractivity contribution in [1.82, 2.24) is 24.9 Å². The molecule has 1 fully saturated rings. The van der Waals surface area contributed by atoms with Gasteiger partial charge in [0.25, 0.3) is 0 Å². The highest BCUT2D eigenvalue weighted by atomic mass is 19.4. The topological polar surface area (TPSA) is 73.7 Å². The molecule has 0 aliphatic carbocycles. The maximum absolute atomic E-state index is 12.9. The molecule has 152 valence electrons. The van der Waals surface area contributed by atoms with E-state index in [4.69, 9.17) is 4.74 Å². The second-order valence-corrected chi connectivity index (χ2v) is 7.33. The van der Waals surface area contributed by atoms with Crippen LogP contribution in [0.15, 0.2) is 18.3 Å². The first-order valence-corrected chi connectivity index (χ1v) is 9.40. The lowest BCUT2D eigenvalue weighted by Gasteiger charge is -2.26. The normalized spacial score (nSPS) is 20.2. The minimum atomic E-state index is -4.45. The highest BCUT2D eigenvalue weighted by Crippen LogP contribution is 2.33. The van der Waals surface area contributed by atoms with Gasteiger partial charge < -0.3 is 4.74 Å². The lowest BCUT2D eigenvalue weighted by atomic mass is 9.95. The average Bonchev–Trinajstić information content (AvgIpc) is 2.68. The maximum Gasteiger partial charge on any atom is 0.417 e. The van der Waals surface area contributed by atoms with E-state index in [1.807, 2.05) is 20.8 Å². The van der Waals surface area contributed by atoms with Crippen LogP contribution in [-0.2, 0) is 10.9 Å². The van der Waals surface area contributed by atoms with Crippen molar-refractivity contribution in [3.05, 3.63) is 41.1 Å². The number of nitrogens with zero attached hydrogens (tertiary/aromatic N) is 5. The third-order valence-corrected chi connectivity index (χ3v) is 5.14. The van der Waals surface area contributed by atoms with Gasteiger partial charge in [-0.05, 0) is 45.7 Å². The van der Waals surface area contributed by atoms with Crippen LogP contribution in [0.3, 0.4) is 0 Å². The second-order valence-electron chi connectivity index (χ2n) is 7.33. The number of hydrogen-bond donors (Lipinski definition) is 0. The second kappa shape index (κ2) is 7.29.